The van der Waals surface area contributed by atoms with E-state index in [1.807, 2.05) is 0 Å². The maximum absolute atomic E-state index is 4.29. The first kappa shape index (κ1) is 11.8. The third kappa shape index (κ3) is 3.86. The molecule has 1 fully saturated rings. The summed E-state index contributed by atoms with van der Waals surface area (Å²) in [6.07, 6.45) is 6.79. The van der Waals surface area contributed by atoms with E-state index in [0.717, 1.165) is 11.8 Å². The monoisotopic (exact) mass is 194 g/mol. The highest BCUT2D eigenvalue weighted by Crippen LogP contribution is 2.36. The predicted octanol–water partition coefficient (Wildman–Crippen LogP) is 4.81. The van der Waals surface area contributed by atoms with Crippen molar-refractivity contribution >= 4 is 0 Å². The average Bonchev–Trinajstić information content (AvgIpc) is 2.02. The van der Waals surface area contributed by atoms with Gasteiger partial charge in [-0.1, -0.05) is 52.7 Å². The van der Waals surface area contributed by atoms with Gasteiger partial charge in [-0.3, -0.25) is 0 Å². The second kappa shape index (κ2) is 4.51. The molecule has 82 valence electrons. The van der Waals surface area contributed by atoms with Crippen LogP contribution in [0.2, 0.25) is 0 Å². The average molecular weight is 194 g/mol. The zero-order valence-electron chi connectivity index (χ0n) is 10.4. The molecule has 1 rings (SSSR count). The van der Waals surface area contributed by atoms with E-state index in [4.69, 9.17) is 0 Å². The standard InChI is InChI=1S/C14H26/c1-11-6-8-13(9-7-11)12(2)10-14(3,4)5/h11,13H,2,6-10H2,1,3-5H3. The van der Waals surface area contributed by atoms with Crippen molar-refractivity contribution in [1.29, 1.82) is 0 Å². The molecule has 0 aromatic carbocycles. The summed E-state index contributed by atoms with van der Waals surface area (Å²) in [6, 6.07) is 0. The van der Waals surface area contributed by atoms with Crippen LogP contribution in [0.15, 0.2) is 12.2 Å². The highest BCUT2D eigenvalue weighted by molar-refractivity contribution is 5.04. The third-order valence-electron chi connectivity index (χ3n) is 3.35. The van der Waals surface area contributed by atoms with Gasteiger partial charge in [-0.2, -0.15) is 0 Å². The fraction of sp³-hybridized carbons (Fsp3) is 0.857. The van der Waals surface area contributed by atoms with Gasteiger partial charge in [0.1, 0.15) is 0 Å². The van der Waals surface area contributed by atoms with Crippen molar-refractivity contribution in [3.05, 3.63) is 12.2 Å². The fourth-order valence-electron chi connectivity index (χ4n) is 2.49. The number of hydrogen-bond donors (Lipinski definition) is 0. The molecule has 0 amide bonds. The molecule has 0 aliphatic heterocycles. The van der Waals surface area contributed by atoms with Crippen molar-refractivity contribution in [3.8, 4) is 0 Å². The van der Waals surface area contributed by atoms with Crippen molar-refractivity contribution < 1.29 is 0 Å². The summed E-state index contributed by atoms with van der Waals surface area (Å²) in [6.45, 7) is 13.6. The van der Waals surface area contributed by atoms with Crippen LogP contribution < -0.4 is 0 Å². The number of hydrogen-bond acceptors (Lipinski definition) is 0. The Hall–Kier alpha value is -0.260. The lowest BCUT2D eigenvalue weighted by atomic mass is 9.75. The first-order valence-electron chi connectivity index (χ1n) is 6.06. The van der Waals surface area contributed by atoms with E-state index in [9.17, 15) is 0 Å². The normalized spacial score (nSPS) is 28.9. The molecular formula is C14H26. The summed E-state index contributed by atoms with van der Waals surface area (Å²) in [5, 5.41) is 0. The molecule has 1 saturated carbocycles. The van der Waals surface area contributed by atoms with Crippen molar-refractivity contribution in [3.63, 3.8) is 0 Å². The van der Waals surface area contributed by atoms with Crippen molar-refractivity contribution in [1.82, 2.24) is 0 Å². The van der Waals surface area contributed by atoms with Gasteiger partial charge >= 0.3 is 0 Å². The minimum atomic E-state index is 0.417. The van der Waals surface area contributed by atoms with Gasteiger partial charge in [-0.15, -0.1) is 0 Å². The van der Waals surface area contributed by atoms with Gasteiger partial charge in [-0.25, -0.2) is 0 Å². The molecule has 14 heavy (non-hydrogen) atoms. The first-order chi connectivity index (χ1) is 6.38. The van der Waals surface area contributed by atoms with E-state index in [1.165, 1.54) is 37.7 Å². The molecule has 0 radical (unpaired) electrons. The third-order valence-corrected chi connectivity index (χ3v) is 3.35. The minimum Gasteiger partial charge on any atom is -0.0996 e. The summed E-state index contributed by atoms with van der Waals surface area (Å²) in [5.41, 5.74) is 1.92. The Bertz CT molecular complexity index is 187. The highest BCUT2D eigenvalue weighted by Gasteiger charge is 2.23. The van der Waals surface area contributed by atoms with Crippen LogP contribution in [0.3, 0.4) is 0 Å². The molecule has 1 aliphatic carbocycles. The topological polar surface area (TPSA) is 0 Å². The lowest BCUT2D eigenvalue weighted by molar-refractivity contribution is 0.297. The Morgan fingerprint density at radius 1 is 1.14 bits per heavy atom. The minimum absolute atomic E-state index is 0.417. The van der Waals surface area contributed by atoms with Gasteiger partial charge in [-0.05, 0) is 36.5 Å². The van der Waals surface area contributed by atoms with Gasteiger partial charge in [0.15, 0.2) is 0 Å². The van der Waals surface area contributed by atoms with Gasteiger partial charge in [0.25, 0.3) is 0 Å². The molecule has 0 bridgehead atoms. The van der Waals surface area contributed by atoms with E-state index in [1.54, 1.807) is 0 Å². The summed E-state index contributed by atoms with van der Waals surface area (Å²) in [4.78, 5) is 0. The molecule has 0 heteroatoms. The molecule has 0 spiro atoms. The number of allylic oxidation sites excluding steroid dienone is 1. The molecular weight excluding hydrogens is 168 g/mol. The fourth-order valence-corrected chi connectivity index (χ4v) is 2.49. The van der Waals surface area contributed by atoms with Crippen molar-refractivity contribution in [2.75, 3.05) is 0 Å². The lowest BCUT2D eigenvalue weighted by Crippen LogP contribution is -2.17. The molecule has 0 heterocycles. The van der Waals surface area contributed by atoms with Crippen LogP contribution in [0.5, 0.6) is 0 Å². The molecule has 0 saturated heterocycles. The quantitative estimate of drug-likeness (QED) is 0.554. The van der Waals surface area contributed by atoms with Gasteiger partial charge < -0.3 is 0 Å². The van der Waals surface area contributed by atoms with Crippen LogP contribution in [0, 0.1) is 17.3 Å². The Labute approximate surface area is 89.8 Å². The molecule has 0 aromatic heterocycles. The van der Waals surface area contributed by atoms with Crippen molar-refractivity contribution in [2.45, 2.75) is 59.8 Å². The maximum atomic E-state index is 4.29. The van der Waals surface area contributed by atoms with Crippen LogP contribution in [-0.4, -0.2) is 0 Å². The second-order valence-electron chi connectivity index (χ2n) is 6.35. The molecule has 0 unspecified atom stereocenters. The van der Waals surface area contributed by atoms with Crippen LogP contribution in [0.1, 0.15) is 59.8 Å². The zero-order valence-corrected chi connectivity index (χ0v) is 10.4. The molecule has 0 aromatic rings. The van der Waals surface area contributed by atoms with E-state index < -0.39 is 0 Å². The van der Waals surface area contributed by atoms with Crippen LogP contribution in [0.4, 0.5) is 0 Å². The molecule has 0 nitrogen and oxygen atoms in total. The summed E-state index contributed by atoms with van der Waals surface area (Å²) >= 11 is 0. The Balaban J connectivity index is 2.38. The van der Waals surface area contributed by atoms with E-state index in [2.05, 4.69) is 34.3 Å². The Morgan fingerprint density at radius 3 is 2.07 bits per heavy atom. The zero-order chi connectivity index (χ0) is 10.8. The Morgan fingerprint density at radius 2 is 1.64 bits per heavy atom. The van der Waals surface area contributed by atoms with Gasteiger partial charge in [0.2, 0.25) is 0 Å². The molecule has 0 atom stereocenters. The predicted molar refractivity (Wildman–Crippen MR) is 64.3 cm³/mol. The van der Waals surface area contributed by atoms with Crippen LogP contribution in [-0.2, 0) is 0 Å². The highest BCUT2D eigenvalue weighted by atomic mass is 14.3. The van der Waals surface area contributed by atoms with Crippen LogP contribution in [0.25, 0.3) is 0 Å². The van der Waals surface area contributed by atoms with E-state index >= 15 is 0 Å². The Kier molecular flexibility index (Phi) is 3.80. The van der Waals surface area contributed by atoms with E-state index in [-0.39, 0.29) is 0 Å². The summed E-state index contributed by atoms with van der Waals surface area (Å²) in [7, 11) is 0. The SMILES string of the molecule is C=C(CC(C)(C)C)C1CCC(C)CC1. The molecule has 0 N–H and O–H groups in total. The van der Waals surface area contributed by atoms with Crippen LogP contribution >= 0.6 is 0 Å². The summed E-state index contributed by atoms with van der Waals surface area (Å²) in [5.74, 6) is 1.78. The summed E-state index contributed by atoms with van der Waals surface area (Å²) < 4.78 is 0. The lowest BCUT2D eigenvalue weighted by Gasteiger charge is -2.30. The largest absolute Gasteiger partial charge is 0.0996 e. The van der Waals surface area contributed by atoms with Crippen molar-refractivity contribution in [2.24, 2.45) is 17.3 Å². The first-order valence-corrected chi connectivity index (χ1v) is 6.06. The second-order valence-corrected chi connectivity index (χ2v) is 6.35. The number of rotatable bonds is 2. The smallest absolute Gasteiger partial charge is 0.0206 e. The van der Waals surface area contributed by atoms with Gasteiger partial charge in [0, 0.05) is 0 Å². The molecule has 1 aliphatic rings. The van der Waals surface area contributed by atoms with E-state index in [0.29, 0.717) is 5.41 Å². The van der Waals surface area contributed by atoms with Gasteiger partial charge in [0.05, 0.1) is 0 Å². The maximum Gasteiger partial charge on any atom is -0.0206 e.